The third kappa shape index (κ3) is 6.67. The molecule has 1 aromatic rings. The Morgan fingerprint density at radius 2 is 2.00 bits per heavy atom. The highest BCUT2D eigenvalue weighted by molar-refractivity contribution is 5.85. The van der Waals surface area contributed by atoms with E-state index in [0.29, 0.717) is 12.5 Å². The van der Waals surface area contributed by atoms with Gasteiger partial charge in [-0.05, 0) is 55.3 Å². The third-order valence-electron chi connectivity index (χ3n) is 4.00. The van der Waals surface area contributed by atoms with Crippen LogP contribution in [0.3, 0.4) is 0 Å². The molecule has 2 N–H and O–H groups in total. The fourth-order valence-electron chi connectivity index (χ4n) is 2.30. The van der Waals surface area contributed by atoms with Gasteiger partial charge in [-0.3, -0.25) is 4.79 Å². The maximum atomic E-state index is 11.7. The van der Waals surface area contributed by atoms with E-state index in [1.165, 1.54) is 18.4 Å². The molecule has 22 heavy (non-hydrogen) atoms. The van der Waals surface area contributed by atoms with Crippen molar-refractivity contribution in [3.63, 3.8) is 0 Å². The van der Waals surface area contributed by atoms with Gasteiger partial charge >= 0.3 is 0 Å². The maximum absolute atomic E-state index is 11.7. The predicted octanol–water partition coefficient (Wildman–Crippen LogP) is 2.73. The highest BCUT2D eigenvalue weighted by Crippen LogP contribution is 2.27. The highest BCUT2D eigenvalue weighted by Gasteiger charge is 2.20. The van der Waals surface area contributed by atoms with Crippen LogP contribution in [0.2, 0.25) is 0 Å². The van der Waals surface area contributed by atoms with Crippen molar-refractivity contribution in [1.82, 2.24) is 10.6 Å². The van der Waals surface area contributed by atoms with Crippen LogP contribution in [0.1, 0.15) is 37.7 Å². The zero-order valence-electron chi connectivity index (χ0n) is 13.4. The Balaban J connectivity index is 0.00000242. The predicted molar refractivity (Wildman–Crippen MR) is 91.9 cm³/mol. The number of ether oxygens (including phenoxy) is 1. The van der Waals surface area contributed by atoms with Crippen LogP contribution in [0.4, 0.5) is 0 Å². The lowest BCUT2D eigenvalue weighted by Crippen LogP contribution is -2.35. The zero-order chi connectivity index (χ0) is 15.1. The topological polar surface area (TPSA) is 50.4 Å². The van der Waals surface area contributed by atoms with E-state index >= 15 is 0 Å². The van der Waals surface area contributed by atoms with Crippen LogP contribution in [-0.2, 0) is 4.79 Å². The fraction of sp³-hybridized carbons (Fsp3) is 0.588. The molecule has 1 amide bonds. The van der Waals surface area contributed by atoms with Crippen molar-refractivity contribution < 1.29 is 9.53 Å². The summed E-state index contributed by atoms with van der Waals surface area (Å²) < 4.78 is 5.16. The Bertz CT molecular complexity index is 446. The first-order chi connectivity index (χ1) is 10.2. The van der Waals surface area contributed by atoms with E-state index in [-0.39, 0.29) is 18.3 Å². The maximum Gasteiger partial charge on any atom is 0.233 e. The molecule has 124 valence electrons. The molecule has 0 heterocycles. The lowest BCUT2D eigenvalue weighted by molar-refractivity contribution is -0.120. The molecule has 1 fully saturated rings. The molecule has 0 bridgehead atoms. The summed E-state index contributed by atoms with van der Waals surface area (Å²) in [5.74, 6) is 2.21. The van der Waals surface area contributed by atoms with Crippen LogP contribution in [0.25, 0.3) is 0 Å². The van der Waals surface area contributed by atoms with Crippen LogP contribution < -0.4 is 15.4 Å². The van der Waals surface area contributed by atoms with Gasteiger partial charge in [0.05, 0.1) is 13.7 Å². The molecule has 1 unspecified atom stereocenters. The first kappa shape index (κ1) is 18.8. The van der Waals surface area contributed by atoms with E-state index in [0.717, 1.165) is 31.2 Å². The molecular weight excluding hydrogens is 300 g/mol. The van der Waals surface area contributed by atoms with Crippen molar-refractivity contribution in [3.8, 4) is 5.75 Å². The van der Waals surface area contributed by atoms with E-state index in [1.807, 2.05) is 12.1 Å². The monoisotopic (exact) mass is 326 g/mol. The molecule has 2 rings (SSSR count). The van der Waals surface area contributed by atoms with Crippen LogP contribution >= 0.6 is 12.4 Å². The van der Waals surface area contributed by atoms with Crippen molar-refractivity contribution in [2.24, 2.45) is 5.92 Å². The Labute approximate surface area is 139 Å². The third-order valence-corrected chi connectivity index (χ3v) is 4.00. The number of nitrogens with one attached hydrogen (secondary N) is 2. The summed E-state index contributed by atoms with van der Waals surface area (Å²) in [6.45, 7) is 4.32. The number of carbonyl (C=O) groups is 1. The molecule has 0 aliphatic heterocycles. The van der Waals surface area contributed by atoms with Gasteiger partial charge in [0.25, 0.3) is 0 Å². The molecule has 5 heteroatoms. The van der Waals surface area contributed by atoms with Crippen LogP contribution in [0.5, 0.6) is 5.75 Å². The number of rotatable bonds is 9. The molecule has 1 saturated carbocycles. The second-order valence-corrected chi connectivity index (χ2v) is 5.89. The van der Waals surface area contributed by atoms with Crippen LogP contribution in [0.15, 0.2) is 24.3 Å². The fourth-order valence-corrected chi connectivity index (χ4v) is 2.30. The second kappa shape index (κ2) is 9.70. The van der Waals surface area contributed by atoms with Crippen molar-refractivity contribution >= 4 is 18.3 Å². The summed E-state index contributed by atoms with van der Waals surface area (Å²) in [6, 6.07) is 8.13. The largest absolute Gasteiger partial charge is 0.497 e. The van der Waals surface area contributed by atoms with Crippen molar-refractivity contribution in [1.29, 1.82) is 0 Å². The van der Waals surface area contributed by atoms with E-state index in [9.17, 15) is 4.79 Å². The molecule has 1 atom stereocenters. The average molecular weight is 327 g/mol. The molecule has 1 aromatic carbocycles. The summed E-state index contributed by atoms with van der Waals surface area (Å²) >= 11 is 0. The number of hydrogen-bond acceptors (Lipinski definition) is 3. The number of halogens is 1. The molecule has 0 saturated heterocycles. The van der Waals surface area contributed by atoms with Crippen molar-refractivity contribution in [3.05, 3.63) is 29.8 Å². The lowest BCUT2D eigenvalue weighted by Gasteiger charge is -2.13. The Morgan fingerprint density at radius 1 is 1.32 bits per heavy atom. The van der Waals surface area contributed by atoms with Gasteiger partial charge in [0, 0.05) is 6.54 Å². The van der Waals surface area contributed by atoms with E-state index < -0.39 is 0 Å². The summed E-state index contributed by atoms with van der Waals surface area (Å²) in [5, 5.41) is 6.18. The smallest absolute Gasteiger partial charge is 0.233 e. The van der Waals surface area contributed by atoms with Gasteiger partial charge in [0.15, 0.2) is 0 Å². The van der Waals surface area contributed by atoms with Gasteiger partial charge in [0.1, 0.15) is 5.75 Å². The number of amides is 1. The van der Waals surface area contributed by atoms with E-state index in [2.05, 4.69) is 29.7 Å². The summed E-state index contributed by atoms with van der Waals surface area (Å²) in [4.78, 5) is 11.7. The number of methoxy groups -OCH3 is 1. The number of benzene rings is 1. The van der Waals surface area contributed by atoms with Gasteiger partial charge < -0.3 is 15.4 Å². The quantitative estimate of drug-likeness (QED) is 0.733. The average Bonchev–Trinajstić information content (AvgIpc) is 3.31. The Morgan fingerprint density at radius 3 is 2.59 bits per heavy atom. The van der Waals surface area contributed by atoms with E-state index in [4.69, 9.17) is 4.74 Å². The highest BCUT2D eigenvalue weighted by atomic mass is 35.5. The van der Waals surface area contributed by atoms with Crippen LogP contribution in [0, 0.1) is 5.92 Å². The molecular formula is C17H27ClN2O2. The van der Waals surface area contributed by atoms with Gasteiger partial charge in [-0.25, -0.2) is 0 Å². The van der Waals surface area contributed by atoms with Gasteiger partial charge in [-0.1, -0.05) is 19.1 Å². The molecule has 0 radical (unpaired) electrons. The zero-order valence-corrected chi connectivity index (χ0v) is 14.2. The minimum absolute atomic E-state index is 0. The Hall–Kier alpha value is -1.26. The Kier molecular flexibility index (Phi) is 8.28. The molecule has 4 nitrogen and oxygen atoms in total. The van der Waals surface area contributed by atoms with Crippen LogP contribution in [-0.4, -0.2) is 32.7 Å². The van der Waals surface area contributed by atoms with Gasteiger partial charge in [-0.15, -0.1) is 12.4 Å². The van der Waals surface area contributed by atoms with Crippen molar-refractivity contribution in [2.75, 3.05) is 26.7 Å². The normalized spacial score (nSPS) is 14.8. The standard InChI is InChI=1S/C17H26N2O2.ClH/c1-13(15-5-7-16(21-2)8-6-15)9-10-19-17(20)12-18-11-14-3-4-14;/h5-8,13-14,18H,3-4,9-12H2,1-2H3,(H,19,20);1H. The number of hydrogen-bond donors (Lipinski definition) is 2. The SMILES string of the molecule is COc1ccc(C(C)CCNC(=O)CNCC2CC2)cc1.Cl. The van der Waals surface area contributed by atoms with Gasteiger partial charge in [-0.2, -0.15) is 0 Å². The molecule has 1 aliphatic carbocycles. The van der Waals surface area contributed by atoms with Crippen molar-refractivity contribution in [2.45, 2.75) is 32.1 Å². The van der Waals surface area contributed by atoms with E-state index in [1.54, 1.807) is 7.11 Å². The minimum atomic E-state index is 0. The summed E-state index contributed by atoms with van der Waals surface area (Å²) in [7, 11) is 1.67. The molecule has 0 aromatic heterocycles. The molecule has 1 aliphatic rings. The second-order valence-electron chi connectivity index (χ2n) is 5.89. The summed E-state index contributed by atoms with van der Waals surface area (Å²) in [5.41, 5.74) is 1.27. The molecule has 0 spiro atoms. The first-order valence-electron chi connectivity index (χ1n) is 7.80. The van der Waals surface area contributed by atoms with Gasteiger partial charge in [0.2, 0.25) is 5.91 Å². The first-order valence-corrected chi connectivity index (χ1v) is 7.80. The number of carbonyl (C=O) groups excluding carboxylic acids is 1. The lowest BCUT2D eigenvalue weighted by atomic mass is 9.98. The summed E-state index contributed by atoms with van der Waals surface area (Å²) in [6.07, 6.45) is 3.57. The minimum Gasteiger partial charge on any atom is -0.497 e.